The van der Waals surface area contributed by atoms with Crippen LogP contribution in [0.5, 0.6) is 0 Å². The molecule has 2 fully saturated rings. The third kappa shape index (κ3) is 5.05. The zero-order valence-electron chi connectivity index (χ0n) is 15.6. The molecule has 2 saturated heterocycles. The Labute approximate surface area is 155 Å². The topological polar surface area (TPSA) is 61.9 Å². The lowest BCUT2D eigenvalue weighted by atomic mass is 9.99. The van der Waals surface area contributed by atoms with Gasteiger partial charge in [0.25, 0.3) is 11.8 Å². The number of ether oxygens (including phenoxy) is 1. The second-order valence-corrected chi connectivity index (χ2v) is 7.29. The summed E-state index contributed by atoms with van der Waals surface area (Å²) in [5, 5.41) is 2.95. The van der Waals surface area contributed by atoms with Gasteiger partial charge in [0, 0.05) is 50.4 Å². The largest absolute Gasteiger partial charge is 0.379 e. The van der Waals surface area contributed by atoms with Gasteiger partial charge in [0.2, 0.25) is 0 Å². The summed E-state index contributed by atoms with van der Waals surface area (Å²) in [6.45, 7) is 8.54. The molecule has 1 N–H and O–H groups in total. The molecule has 142 valence electrons. The quantitative estimate of drug-likeness (QED) is 0.868. The summed E-state index contributed by atoms with van der Waals surface area (Å²) >= 11 is 0. The number of likely N-dealkylation sites (tertiary alicyclic amines) is 1. The minimum Gasteiger partial charge on any atom is -0.379 e. The lowest BCUT2D eigenvalue weighted by Crippen LogP contribution is -2.41. The average molecular weight is 359 g/mol. The highest BCUT2D eigenvalue weighted by atomic mass is 16.5. The number of piperidine rings is 1. The maximum Gasteiger partial charge on any atom is 0.253 e. The number of amides is 2. The third-order valence-electron chi connectivity index (χ3n) is 5.13. The molecule has 1 aromatic rings. The zero-order chi connectivity index (χ0) is 18.4. The smallest absolute Gasteiger partial charge is 0.253 e. The molecule has 2 aliphatic heterocycles. The Morgan fingerprint density at radius 2 is 1.96 bits per heavy atom. The predicted octanol–water partition coefficient (Wildman–Crippen LogP) is 1.62. The lowest BCUT2D eigenvalue weighted by molar-refractivity contribution is 0.0383. The highest BCUT2D eigenvalue weighted by Crippen LogP contribution is 2.18. The number of hydrogen-bond donors (Lipinski definition) is 1. The van der Waals surface area contributed by atoms with E-state index < -0.39 is 0 Å². The Hall–Kier alpha value is -1.92. The number of rotatable bonds is 5. The van der Waals surface area contributed by atoms with Crippen LogP contribution in [0, 0.1) is 5.92 Å². The first-order valence-corrected chi connectivity index (χ1v) is 9.61. The summed E-state index contributed by atoms with van der Waals surface area (Å²) in [6, 6.07) is 7.06. The molecule has 2 heterocycles. The van der Waals surface area contributed by atoms with E-state index in [1.54, 1.807) is 24.3 Å². The van der Waals surface area contributed by atoms with Gasteiger partial charge in [-0.2, -0.15) is 0 Å². The van der Waals surface area contributed by atoms with Crippen molar-refractivity contribution in [2.75, 3.05) is 52.5 Å². The molecule has 0 aromatic heterocycles. The van der Waals surface area contributed by atoms with Crippen molar-refractivity contribution < 1.29 is 14.3 Å². The molecular weight excluding hydrogens is 330 g/mol. The van der Waals surface area contributed by atoms with E-state index in [2.05, 4.69) is 17.1 Å². The molecule has 1 aromatic carbocycles. The molecular formula is C20H29N3O3. The second kappa shape index (κ2) is 9.14. The summed E-state index contributed by atoms with van der Waals surface area (Å²) in [5.74, 6) is 0.443. The zero-order valence-corrected chi connectivity index (χ0v) is 15.6. The van der Waals surface area contributed by atoms with E-state index >= 15 is 0 Å². The van der Waals surface area contributed by atoms with Crippen molar-refractivity contribution in [3.05, 3.63) is 35.4 Å². The van der Waals surface area contributed by atoms with Gasteiger partial charge in [-0.1, -0.05) is 13.0 Å². The van der Waals surface area contributed by atoms with Crippen molar-refractivity contribution in [2.24, 2.45) is 5.92 Å². The normalized spacial score (nSPS) is 21.4. The Morgan fingerprint density at radius 1 is 1.19 bits per heavy atom. The lowest BCUT2D eigenvalue weighted by Gasteiger charge is -2.31. The first kappa shape index (κ1) is 18.9. The van der Waals surface area contributed by atoms with E-state index in [4.69, 9.17) is 4.74 Å². The Balaban J connectivity index is 1.54. The van der Waals surface area contributed by atoms with Crippen molar-refractivity contribution in [1.29, 1.82) is 0 Å². The van der Waals surface area contributed by atoms with Gasteiger partial charge in [-0.05, 0) is 37.0 Å². The number of hydrogen-bond acceptors (Lipinski definition) is 4. The van der Waals surface area contributed by atoms with Crippen LogP contribution < -0.4 is 5.32 Å². The van der Waals surface area contributed by atoms with Crippen LogP contribution in [0.25, 0.3) is 0 Å². The molecule has 0 saturated carbocycles. The molecule has 1 unspecified atom stereocenters. The van der Waals surface area contributed by atoms with Gasteiger partial charge in [-0.25, -0.2) is 0 Å². The molecule has 0 radical (unpaired) electrons. The van der Waals surface area contributed by atoms with E-state index in [0.29, 0.717) is 23.6 Å². The first-order chi connectivity index (χ1) is 12.6. The van der Waals surface area contributed by atoms with Crippen molar-refractivity contribution >= 4 is 11.8 Å². The fourth-order valence-electron chi connectivity index (χ4n) is 3.60. The van der Waals surface area contributed by atoms with Gasteiger partial charge in [0.05, 0.1) is 13.2 Å². The second-order valence-electron chi connectivity index (χ2n) is 7.29. The molecule has 0 spiro atoms. The van der Waals surface area contributed by atoms with Crippen molar-refractivity contribution in [1.82, 2.24) is 15.1 Å². The highest BCUT2D eigenvalue weighted by molar-refractivity contribution is 5.99. The predicted molar refractivity (Wildman–Crippen MR) is 100 cm³/mol. The maximum atomic E-state index is 12.7. The standard InChI is InChI=1S/C20H29N3O3/c1-16-4-3-8-23(15-16)20(25)18-6-2-5-17(14-18)19(24)21-7-9-22-10-12-26-13-11-22/h2,5-6,14,16H,3-4,7-13,15H2,1H3,(H,21,24). The monoisotopic (exact) mass is 359 g/mol. The number of carbonyl (C=O) groups excluding carboxylic acids is 2. The van der Waals surface area contributed by atoms with Crippen LogP contribution >= 0.6 is 0 Å². The average Bonchev–Trinajstić information content (AvgIpc) is 2.68. The van der Waals surface area contributed by atoms with Gasteiger partial charge in [-0.3, -0.25) is 14.5 Å². The number of nitrogens with zero attached hydrogens (tertiary/aromatic N) is 2. The number of benzene rings is 1. The Morgan fingerprint density at radius 3 is 2.73 bits per heavy atom. The SMILES string of the molecule is CC1CCCN(C(=O)c2cccc(C(=O)NCCN3CCOCC3)c2)C1. The van der Waals surface area contributed by atoms with Crippen LogP contribution in [0.15, 0.2) is 24.3 Å². The molecule has 0 aliphatic carbocycles. The van der Waals surface area contributed by atoms with Crippen LogP contribution in [-0.4, -0.2) is 74.1 Å². The number of carbonyl (C=O) groups is 2. The van der Waals surface area contributed by atoms with E-state index in [9.17, 15) is 9.59 Å². The molecule has 3 rings (SSSR count). The summed E-state index contributed by atoms with van der Waals surface area (Å²) < 4.78 is 5.32. The number of morpholine rings is 1. The van der Waals surface area contributed by atoms with Crippen molar-refractivity contribution in [3.8, 4) is 0 Å². The van der Waals surface area contributed by atoms with E-state index in [0.717, 1.165) is 52.4 Å². The number of nitrogens with one attached hydrogen (secondary N) is 1. The fraction of sp³-hybridized carbons (Fsp3) is 0.600. The molecule has 6 heteroatoms. The third-order valence-corrected chi connectivity index (χ3v) is 5.13. The van der Waals surface area contributed by atoms with Crippen molar-refractivity contribution in [2.45, 2.75) is 19.8 Å². The van der Waals surface area contributed by atoms with Gasteiger partial charge in [-0.15, -0.1) is 0 Å². The Kier molecular flexibility index (Phi) is 6.63. The maximum absolute atomic E-state index is 12.7. The summed E-state index contributed by atoms with van der Waals surface area (Å²) in [7, 11) is 0. The van der Waals surface area contributed by atoms with E-state index in [1.807, 2.05) is 4.90 Å². The molecule has 0 bridgehead atoms. The molecule has 6 nitrogen and oxygen atoms in total. The van der Waals surface area contributed by atoms with E-state index in [-0.39, 0.29) is 11.8 Å². The van der Waals surface area contributed by atoms with E-state index in [1.165, 1.54) is 6.42 Å². The fourth-order valence-corrected chi connectivity index (χ4v) is 3.60. The van der Waals surface area contributed by atoms with Crippen LogP contribution in [-0.2, 0) is 4.74 Å². The minimum absolute atomic E-state index is 0.0273. The molecule has 1 atom stereocenters. The highest BCUT2D eigenvalue weighted by Gasteiger charge is 2.22. The minimum atomic E-state index is -0.125. The van der Waals surface area contributed by atoms with Gasteiger partial charge < -0.3 is 15.0 Å². The summed E-state index contributed by atoms with van der Waals surface area (Å²) in [5.41, 5.74) is 1.14. The van der Waals surface area contributed by atoms with Gasteiger partial charge >= 0.3 is 0 Å². The van der Waals surface area contributed by atoms with Crippen LogP contribution in [0.2, 0.25) is 0 Å². The van der Waals surface area contributed by atoms with Gasteiger partial charge in [0.1, 0.15) is 0 Å². The van der Waals surface area contributed by atoms with Crippen LogP contribution in [0.4, 0.5) is 0 Å². The molecule has 2 amide bonds. The molecule has 2 aliphatic rings. The summed E-state index contributed by atoms with van der Waals surface area (Å²) in [4.78, 5) is 29.3. The van der Waals surface area contributed by atoms with Gasteiger partial charge in [0.15, 0.2) is 0 Å². The van der Waals surface area contributed by atoms with Crippen LogP contribution in [0.3, 0.4) is 0 Å². The van der Waals surface area contributed by atoms with Crippen molar-refractivity contribution in [3.63, 3.8) is 0 Å². The molecule has 26 heavy (non-hydrogen) atoms. The van der Waals surface area contributed by atoms with Crippen LogP contribution in [0.1, 0.15) is 40.5 Å². The first-order valence-electron chi connectivity index (χ1n) is 9.61. The Bertz CT molecular complexity index is 628. The summed E-state index contributed by atoms with van der Waals surface area (Å²) in [6.07, 6.45) is 2.23.